The molecule has 0 atom stereocenters. The van der Waals surface area contributed by atoms with Crippen LogP contribution in [0, 0.1) is 17.5 Å². The van der Waals surface area contributed by atoms with Crippen LogP contribution in [0.1, 0.15) is 10.5 Å². The molecule has 0 aliphatic rings. The summed E-state index contributed by atoms with van der Waals surface area (Å²) < 4.78 is 71.3. The molecule has 6 nitrogen and oxygen atoms in total. The molecule has 1 aromatic carbocycles. The second-order valence-corrected chi connectivity index (χ2v) is 5.71. The number of rotatable bonds is 3. The van der Waals surface area contributed by atoms with Crippen LogP contribution in [0.2, 0.25) is 0 Å². The molecule has 0 aliphatic heterocycles. The van der Waals surface area contributed by atoms with Gasteiger partial charge in [0.2, 0.25) is 0 Å². The lowest BCUT2D eigenvalue weighted by molar-refractivity contribution is 0.101. The van der Waals surface area contributed by atoms with E-state index in [0.717, 1.165) is 16.7 Å². The molecule has 0 radical (unpaired) electrons. The largest absolute Gasteiger partial charge is 0.343 e. The van der Waals surface area contributed by atoms with Crippen LogP contribution in [0.25, 0.3) is 0 Å². The number of hydrogen-bond acceptors (Lipinski definition) is 3. The molecule has 0 aliphatic carbocycles. The fraction of sp³-hybridized carbons (Fsp3) is 0.0833. The summed E-state index contributed by atoms with van der Waals surface area (Å²) >= 11 is 0. The number of carbonyl (C=O) groups is 1. The van der Waals surface area contributed by atoms with Crippen molar-refractivity contribution >= 4 is 21.7 Å². The van der Waals surface area contributed by atoms with Crippen LogP contribution in [-0.4, -0.2) is 23.4 Å². The van der Waals surface area contributed by atoms with Crippen LogP contribution >= 0.6 is 0 Å². The highest BCUT2D eigenvalue weighted by Gasteiger charge is 2.27. The Bertz CT molecular complexity index is 861. The maximum Gasteiger partial charge on any atom is 0.299 e. The normalized spacial score (nSPS) is 11.5. The molecule has 118 valence electrons. The van der Waals surface area contributed by atoms with E-state index in [1.54, 1.807) is 0 Å². The minimum absolute atomic E-state index is 0.155. The number of nitrogens with zero attached hydrogens (tertiary/aromatic N) is 1. The van der Waals surface area contributed by atoms with Gasteiger partial charge in [0, 0.05) is 25.0 Å². The molecule has 2 N–H and O–H groups in total. The number of hydrogen-bond donors (Lipinski definition) is 2. The highest BCUT2D eigenvalue weighted by molar-refractivity contribution is 7.85. The van der Waals surface area contributed by atoms with Gasteiger partial charge in [0.15, 0.2) is 17.5 Å². The van der Waals surface area contributed by atoms with E-state index in [1.807, 2.05) is 0 Å². The summed E-state index contributed by atoms with van der Waals surface area (Å²) in [6, 6.07) is 2.48. The van der Waals surface area contributed by atoms with E-state index in [0.29, 0.717) is 12.3 Å². The second-order valence-electron chi connectivity index (χ2n) is 4.32. The van der Waals surface area contributed by atoms with Crippen LogP contribution in [-0.2, 0) is 17.2 Å². The molecule has 1 heterocycles. The zero-order valence-corrected chi connectivity index (χ0v) is 11.8. The van der Waals surface area contributed by atoms with Gasteiger partial charge in [0.05, 0.1) is 0 Å². The summed E-state index contributed by atoms with van der Waals surface area (Å²) in [5.41, 5.74) is -0.852. The molecule has 10 heteroatoms. The van der Waals surface area contributed by atoms with Gasteiger partial charge in [-0.1, -0.05) is 0 Å². The van der Waals surface area contributed by atoms with Gasteiger partial charge < -0.3 is 9.88 Å². The SMILES string of the molecule is Cn1cc(S(=O)(=O)O)c(F)c1C(=O)Nc1ccc(F)c(F)c1. The van der Waals surface area contributed by atoms with E-state index in [2.05, 4.69) is 5.32 Å². The van der Waals surface area contributed by atoms with Crippen LogP contribution < -0.4 is 5.32 Å². The Morgan fingerprint density at radius 1 is 1.23 bits per heavy atom. The zero-order valence-electron chi connectivity index (χ0n) is 11.0. The monoisotopic (exact) mass is 334 g/mol. The van der Waals surface area contributed by atoms with Crippen LogP contribution in [0.4, 0.5) is 18.9 Å². The lowest BCUT2D eigenvalue weighted by Crippen LogP contribution is -2.17. The first kappa shape index (κ1) is 16.0. The molecule has 2 aromatic rings. The zero-order chi connectivity index (χ0) is 16.7. The predicted molar refractivity (Wildman–Crippen MR) is 69.5 cm³/mol. The van der Waals surface area contributed by atoms with Crippen molar-refractivity contribution < 1.29 is 30.9 Å². The van der Waals surface area contributed by atoms with Crippen molar-refractivity contribution in [2.75, 3.05) is 5.32 Å². The fourth-order valence-corrected chi connectivity index (χ4v) is 2.39. The van der Waals surface area contributed by atoms with E-state index in [4.69, 9.17) is 4.55 Å². The van der Waals surface area contributed by atoms with Gasteiger partial charge >= 0.3 is 0 Å². The van der Waals surface area contributed by atoms with Crippen molar-refractivity contribution in [3.63, 3.8) is 0 Å². The van der Waals surface area contributed by atoms with Gasteiger partial charge in [-0.15, -0.1) is 0 Å². The van der Waals surface area contributed by atoms with Crippen molar-refractivity contribution in [1.82, 2.24) is 4.57 Å². The fourth-order valence-electron chi connectivity index (χ4n) is 1.77. The van der Waals surface area contributed by atoms with E-state index < -0.39 is 44.1 Å². The average molecular weight is 334 g/mol. The number of halogens is 3. The number of carbonyl (C=O) groups excluding carboxylic acids is 1. The summed E-state index contributed by atoms with van der Waals surface area (Å²) in [6.07, 6.45) is 0.713. The third-order valence-corrected chi connectivity index (χ3v) is 3.60. The minimum Gasteiger partial charge on any atom is -0.343 e. The first-order valence-electron chi connectivity index (χ1n) is 5.70. The molecule has 0 bridgehead atoms. The molecule has 0 saturated heterocycles. The Morgan fingerprint density at radius 3 is 2.36 bits per heavy atom. The summed E-state index contributed by atoms with van der Waals surface area (Å²) in [5.74, 6) is -4.90. The van der Waals surface area contributed by atoms with Crippen LogP contribution in [0.3, 0.4) is 0 Å². The van der Waals surface area contributed by atoms with Gasteiger partial charge in [-0.2, -0.15) is 8.42 Å². The van der Waals surface area contributed by atoms with E-state index in [9.17, 15) is 26.4 Å². The molecule has 1 amide bonds. The van der Waals surface area contributed by atoms with Gasteiger partial charge in [0.25, 0.3) is 16.0 Å². The molecular formula is C12H9F3N2O4S. The van der Waals surface area contributed by atoms with E-state index in [-0.39, 0.29) is 5.69 Å². The lowest BCUT2D eigenvalue weighted by atomic mass is 10.3. The van der Waals surface area contributed by atoms with Crippen molar-refractivity contribution in [1.29, 1.82) is 0 Å². The van der Waals surface area contributed by atoms with Gasteiger partial charge in [-0.25, -0.2) is 13.2 Å². The molecule has 22 heavy (non-hydrogen) atoms. The Labute approximate surface area is 122 Å². The Kier molecular flexibility index (Phi) is 3.98. The van der Waals surface area contributed by atoms with E-state index in [1.165, 1.54) is 7.05 Å². The van der Waals surface area contributed by atoms with Gasteiger partial charge in [-0.3, -0.25) is 9.35 Å². The van der Waals surface area contributed by atoms with Crippen LogP contribution in [0.5, 0.6) is 0 Å². The number of anilines is 1. The molecular weight excluding hydrogens is 325 g/mol. The average Bonchev–Trinajstić information content (AvgIpc) is 2.69. The van der Waals surface area contributed by atoms with Gasteiger partial charge in [-0.05, 0) is 12.1 Å². The number of aromatic nitrogens is 1. The third-order valence-electron chi connectivity index (χ3n) is 2.76. The number of benzene rings is 1. The Balaban J connectivity index is 2.38. The maximum atomic E-state index is 13.9. The summed E-state index contributed by atoms with van der Waals surface area (Å²) in [7, 11) is -3.66. The predicted octanol–water partition coefficient (Wildman–Crippen LogP) is 1.94. The molecule has 0 spiro atoms. The van der Waals surface area contributed by atoms with Crippen molar-refractivity contribution in [2.24, 2.45) is 7.05 Å². The highest BCUT2D eigenvalue weighted by Crippen LogP contribution is 2.21. The van der Waals surface area contributed by atoms with Gasteiger partial charge in [0.1, 0.15) is 10.6 Å². The van der Waals surface area contributed by atoms with E-state index >= 15 is 0 Å². The summed E-state index contributed by atoms with van der Waals surface area (Å²) in [5, 5.41) is 2.09. The molecule has 0 saturated carbocycles. The van der Waals surface area contributed by atoms with Crippen molar-refractivity contribution in [3.05, 3.63) is 47.5 Å². The molecule has 0 unspecified atom stereocenters. The first-order chi connectivity index (χ1) is 10.1. The first-order valence-corrected chi connectivity index (χ1v) is 7.14. The Hall–Kier alpha value is -2.33. The Morgan fingerprint density at radius 2 is 1.86 bits per heavy atom. The van der Waals surface area contributed by atoms with Crippen LogP contribution in [0.15, 0.2) is 29.3 Å². The minimum atomic E-state index is -4.84. The smallest absolute Gasteiger partial charge is 0.299 e. The topological polar surface area (TPSA) is 88.4 Å². The molecule has 1 aromatic heterocycles. The van der Waals surface area contributed by atoms with Crippen molar-refractivity contribution in [2.45, 2.75) is 4.90 Å². The number of nitrogens with one attached hydrogen (secondary N) is 1. The quantitative estimate of drug-likeness (QED) is 0.840. The van der Waals surface area contributed by atoms with Crippen molar-refractivity contribution in [3.8, 4) is 0 Å². The second kappa shape index (κ2) is 5.46. The maximum absolute atomic E-state index is 13.9. The number of aryl methyl sites for hydroxylation is 1. The number of amides is 1. The third kappa shape index (κ3) is 2.97. The summed E-state index contributed by atoms with van der Waals surface area (Å²) in [6.45, 7) is 0. The standard InChI is InChI=1S/C12H9F3N2O4S/c1-17-5-9(22(19,20)21)10(15)11(17)12(18)16-6-2-3-7(13)8(14)4-6/h2-5H,1H3,(H,16,18)(H,19,20,21). The highest BCUT2D eigenvalue weighted by atomic mass is 32.2. The summed E-state index contributed by atoms with van der Waals surface area (Å²) in [4.78, 5) is 10.9. The molecule has 0 fully saturated rings. The lowest BCUT2D eigenvalue weighted by Gasteiger charge is -2.06. The molecule has 2 rings (SSSR count).